The van der Waals surface area contributed by atoms with E-state index in [9.17, 15) is 0 Å². The van der Waals surface area contributed by atoms with E-state index in [2.05, 4.69) is 22.0 Å². The molecule has 23 heavy (non-hydrogen) atoms. The quantitative estimate of drug-likeness (QED) is 0.476. The van der Waals surface area contributed by atoms with Gasteiger partial charge in [0, 0.05) is 45.8 Å². The molecule has 5 heteroatoms. The first kappa shape index (κ1) is 17.0. The summed E-state index contributed by atoms with van der Waals surface area (Å²) < 4.78 is 5.40. The van der Waals surface area contributed by atoms with E-state index >= 15 is 0 Å². The first-order chi connectivity index (χ1) is 11.4. The number of aliphatic imine (C=N–C) groups is 1. The molecule has 2 aliphatic heterocycles. The van der Waals surface area contributed by atoms with Crippen molar-refractivity contribution in [1.29, 1.82) is 0 Å². The third kappa shape index (κ3) is 4.83. The topological polar surface area (TPSA) is 40.1 Å². The Morgan fingerprint density at radius 1 is 1.13 bits per heavy atom. The van der Waals surface area contributed by atoms with Crippen LogP contribution in [0.3, 0.4) is 0 Å². The van der Waals surface area contributed by atoms with Gasteiger partial charge in [-0.15, -0.1) is 0 Å². The van der Waals surface area contributed by atoms with E-state index in [1.165, 1.54) is 38.8 Å². The van der Waals surface area contributed by atoms with Crippen molar-refractivity contribution in [2.24, 2.45) is 16.8 Å². The molecule has 2 heterocycles. The molecular weight excluding hydrogens is 288 g/mol. The molecule has 2 atom stereocenters. The fourth-order valence-electron chi connectivity index (χ4n) is 4.31. The minimum atomic E-state index is 0.891. The lowest BCUT2D eigenvalue weighted by Gasteiger charge is -2.26. The number of likely N-dealkylation sites (tertiary alicyclic amines) is 1. The molecule has 1 N–H and O–H groups in total. The molecule has 2 saturated heterocycles. The van der Waals surface area contributed by atoms with Gasteiger partial charge in [-0.25, -0.2) is 0 Å². The zero-order chi connectivity index (χ0) is 15.9. The smallest absolute Gasteiger partial charge is 0.193 e. The van der Waals surface area contributed by atoms with Gasteiger partial charge < -0.3 is 15.0 Å². The van der Waals surface area contributed by atoms with Crippen LogP contribution < -0.4 is 5.32 Å². The minimum absolute atomic E-state index is 0.891. The van der Waals surface area contributed by atoms with E-state index in [0.29, 0.717) is 0 Å². The second-order valence-electron chi connectivity index (χ2n) is 7.25. The van der Waals surface area contributed by atoms with Crippen LogP contribution in [-0.4, -0.2) is 74.8 Å². The largest absolute Gasteiger partial charge is 0.379 e. The van der Waals surface area contributed by atoms with Crippen molar-refractivity contribution >= 4 is 5.96 Å². The van der Waals surface area contributed by atoms with Crippen molar-refractivity contribution in [1.82, 2.24) is 15.1 Å². The maximum atomic E-state index is 5.40. The molecule has 3 aliphatic rings. The minimum Gasteiger partial charge on any atom is -0.379 e. The molecule has 0 amide bonds. The molecule has 1 saturated carbocycles. The molecule has 5 nitrogen and oxygen atoms in total. The Kier molecular flexibility index (Phi) is 6.57. The summed E-state index contributed by atoms with van der Waals surface area (Å²) in [4.78, 5) is 9.93. The number of guanidine groups is 1. The van der Waals surface area contributed by atoms with Crippen LogP contribution in [0, 0.1) is 11.8 Å². The Labute approximate surface area is 141 Å². The molecule has 1 aliphatic carbocycles. The maximum absolute atomic E-state index is 5.40. The van der Waals surface area contributed by atoms with Gasteiger partial charge in [0.05, 0.1) is 13.2 Å². The Balaban J connectivity index is 1.45. The van der Waals surface area contributed by atoms with E-state index in [-0.39, 0.29) is 0 Å². The Morgan fingerprint density at radius 2 is 1.83 bits per heavy atom. The molecule has 0 spiro atoms. The highest BCUT2D eigenvalue weighted by molar-refractivity contribution is 5.80. The van der Waals surface area contributed by atoms with Crippen LogP contribution in [-0.2, 0) is 4.74 Å². The summed E-state index contributed by atoms with van der Waals surface area (Å²) in [7, 11) is 0. The molecule has 0 aromatic carbocycles. The van der Waals surface area contributed by atoms with Crippen molar-refractivity contribution in [3.8, 4) is 0 Å². The molecular formula is C18H34N4O. The number of rotatable bonds is 5. The van der Waals surface area contributed by atoms with E-state index in [0.717, 1.165) is 70.2 Å². The summed E-state index contributed by atoms with van der Waals surface area (Å²) in [6, 6.07) is 0. The van der Waals surface area contributed by atoms with Gasteiger partial charge in [-0.3, -0.25) is 9.89 Å². The van der Waals surface area contributed by atoms with Crippen LogP contribution in [0.2, 0.25) is 0 Å². The lowest BCUT2D eigenvalue weighted by molar-refractivity contribution is 0.0377. The number of ether oxygens (including phenoxy) is 1. The van der Waals surface area contributed by atoms with Gasteiger partial charge in [-0.2, -0.15) is 0 Å². The number of nitrogens with zero attached hydrogens (tertiary/aromatic N) is 3. The van der Waals surface area contributed by atoms with Gasteiger partial charge in [0.15, 0.2) is 5.96 Å². The maximum Gasteiger partial charge on any atom is 0.193 e. The number of hydrogen-bond donors (Lipinski definition) is 1. The van der Waals surface area contributed by atoms with Crippen LogP contribution >= 0.6 is 0 Å². The predicted octanol–water partition coefficient (Wildman–Crippen LogP) is 1.80. The number of hydrogen-bond acceptors (Lipinski definition) is 3. The van der Waals surface area contributed by atoms with Gasteiger partial charge in [-0.1, -0.05) is 12.8 Å². The van der Waals surface area contributed by atoms with Gasteiger partial charge >= 0.3 is 0 Å². The lowest BCUT2D eigenvalue weighted by Crippen LogP contribution is -2.40. The monoisotopic (exact) mass is 322 g/mol. The van der Waals surface area contributed by atoms with Crippen molar-refractivity contribution in [3.05, 3.63) is 0 Å². The van der Waals surface area contributed by atoms with Crippen LogP contribution in [0.25, 0.3) is 0 Å². The second kappa shape index (κ2) is 8.88. The van der Waals surface area contributed by atoms with Gasteiger partial charge in [0.1, 0.15) is 0 Å². The molecule has 0 bridgehead atoms. The Morgan fingerprint density at radius 3 is 2.48 bits per heavy atom. The molecule has 0 aromatic heterocycles. The normalized spacial score (nSPS) is 29.6. The zero-order valence-electron chi connectivity index (χ0n) is 14.8. The first-order valence-corrected chi connectivity index (χ1v) is 9.70. The average molecular weight is 322 g/mol. The number of nitrogens with one attached hydrogen (secondary N) is 1. The molecule has 0 aromatic rings. The highest BCUT2D eigenvalue weighted by Crippen LogP contribution is 2.35. The highest BCUT2D eigenvalue weighted by Gasteiger charge is 2.35. The van der Waals surface area contributed by atoms with Crippen molar-refractivity contribution in [2.45, 2.75) is 39.0 Å². The molecule has 3 rings (SSSR count). The Hall–Kier alpha value is -0.810. The molecule has 2 unspecified atom stereocenters. The Bertz CT molecular complexity index is 367. The number of morpholine rings is 1. The third-order valence-corrected chi connectivity index (χ3v) is 5.61. The summed E-state index contributed by atoms with van der Waals surface area (Å²) in [6.07, 6.45) is 6.87. The van der Waals surface area contributed by atoms with E-state index < -0.39 is 0 Å². The fraction of sp³-hybridized carbons (Fsp3) is 0.944. The zero-order valence-corrected chi connectivity index (χ0v) is 14.8. The number of fused-ring (bicyclic) bond motifs is 1. The highest BCUT2D eigenvalue weighted by atomic mass is 16.5. The lowest BCUT2D eigenvalue weighted by atomic mass is 9.82. The summed E-state index contributed by atoms with van der Waals surface area (Å²) >= 11 is 0. The third-order valence-electron chi connectivity index (χ3n) is 5.61. The van der Waals surface area contributed by atoms with E-state index in [1.54, 1.807) is 0 Å². The first-order valence-electron chi connectivity index (χ1n) is 9.70. The summed E-state index contributed by atoms with van der Waals surface area (Å²) in [6.45, 7) is 11.6. The van der Waals surface area contributed by atoms with Crippen LogP contribution in [0.1, 0.15) is 39.0 Å². The molecule has 132 valence electrons. The van der Waals surface area contributed by atoms with Crippen LogP contribution in [0.4, 0.5) is 0 Å². The van der Waals surface area contributed by atoms with Crippen LogP contribution in [0.15, 0.2) is 4.99 Å². The SMILES string of the molecule is CCNC(=NCCCN1CCOCC1)N1CC2CCCCC2C1. The van der Waals surface area contributed by atoms with E-state index in [4.69, 9.17) is 9.73 Å². The van der Waals surface area contributed by atoms with E-state index in [1.807, 2.05) is 0 Å². The summed E-state index contributed by atoms with van der Waals surface area (Å²) in [5, 5.41) is 3.52. The fourth-order valence-corrected chi connectivity index (χ4v) is 4.31. The van der Waals surface area contributed by atoms with Crippen molar-refractivity contribution in [3.63, 3.8) is 0 Å². The molecule has 3 fully saturated rings. The van der Waals surface area contributed by atoms with Crippen molar-refractivity contribution < 1.29 is 4.74 Å². The van der Waals surface area contributed by atoms with Gasteiger partial charge in [-0.05, 0) is 38.0 Å². The predicted molar refractivity (Wildman–Crippen MR) is 94.9 cm³/mol. The molecule has 0 radical (unpaired) electrons. The van der Waals surface area contributed by atoms with Crippen molar-refractivity contribution in [2.75, 3.05) is 59.0 Å². The second-order valence-corrected chi connectivity index (χ2v) is 7.25. The summed E-state index contributed by atoms with van der Waals surface area (Å²) in [5.74, 6) is 2.99. The van der Waals surface area contributed by atoms with Crippen LogP contribution in [0.5, 0.6) is 0 Å². The standard InChI is InChI=1S/C18H34N4O/c1-2-19-18(20-8-5-9-21-10-12-23-13-11-21)22-14-16-6-3-4-7-17(16)15-22/h16-17H,2-15H2,1H3,(H,19,20). The summed E-state index contributed by atoms with van der Waals surface area (Å²) in [5.41, 5.74) is 0. The average Bonchev–Trinajstić information content (AvgIpc) is 3.02. The van der Waals surface area contributed by atoms with Gasteiger partial charge in [0.25, 0.3) is 0 Å². The van der Waals surface area contributed by atoms with Gasteiger partial charge in [0.2, 0.25) is 0 Å².